The van der Waals surface area contributed by atoms with Crippen molar-refractivity contribution in [2.24, 2.45) is 5.73 Å². The molecule has 1 atom stereocenters. The zero-order valence-electron chi connectivity index (χ0n) is 10.8. The lowest BCUT2D eigenvalue weighted by atomic mass is 10.1. The summed E-state index contributed by atoms with van der Waals surface area (Å²) in [6.07, 6.45) is 0.745. The van der Waals surface area contributed by atoms with Gasteiger partial charge < -0.3 is 15.4 Å². The first-order chi connectivity index (χ1) is 8.52. The molecular formula is C13H17N3O2. The summed E-state index contributed by atoms with van der Waals surface area (Å²) in [4.78, 5) is 4.28. The number of benzene rings is 1. The van der Waals surface area contributed by atoms with Gasteiger partial charge >= 0.3 is 0 Å². The van der Waals surface area contributed by atoms with E-state index in [9.17, 15) is 5.11 Å². The van der Waals surface area contributed by atoms with Crippen LogP contribution in [0.4, 0.5) is 0 Å². The Hall–Kier alpha value is -1.88. The molecule has 0 unspecified atom stereocenters. The Morgan fingerprint density at radius 2 is 1.94 bits per heavy atom. The molecule has 0 saturated carbocycles. The van der Waals surface area contributed by atoms with Crippen LogP contribution in [-0.2, 0) is 0 Å². The Balaban J connectivity index is 2.40. The van der Waals surface area contributed by atoms with Crippen molar-refractivity contribution in [3.63, 3.8) is 0 Å². The molecule has 0 saturated heterocycles. The van der Waals surface area contributed by atoms with E-state index in [2.05, 4.69) is 10.1 Å². The zero-order valence-corrected chi connectivity index (χ0v) is 10.8. The maximum Gasteiger partial charge on any atom is 0.243 e. The molecule has 0 aliphatic carbocycles. The van der Waals surface area contributed by atoms with Crippen molar-refractivity contribution in [3.8, 4) is 17.1 Å². The van der Waals surface area contributed by atoms with Gasteiger partial charge in [-0.2, -0.15) is 4.98 Å². The molecule has 0 aliphatic rings. The topological polar surface area (TPSA) is 85.2 Å². The number of phenols is 1. The second kappa shape index (κ2) is 4.78. The molecule has 2 aromatic rings. The summed E-state index contributed by atoms with van der Waals surface area (Å²) in [6.45, 7) is 5.64. The minimum absolute atomic E-state index is 0.231. The summed E-state index contributed by atoms with van der Waals surface area (Å²) in [5.41, 5.74) is 8.23. The lowest BCUT2D eigenvalue weighted by molar-refractivity contribution is 0.352. The average molecular weight is 247 g/mol. The highest BCUT2D eigenvalue weighted by Crippen LogP contribution is 2.28. The van der Waals surface area contributed by atoms with Crippen molar-refractivity contribution in [2.75, 3.05) is 0 Å². The highest BCUT2D eigenvalue weighted by molar-refractivity contribution is 5.60. The zero-order chi connectivity index (χ0) is 13.3. The number of phenolic OH excluding ortho intramolecular Hbond substituents is 1. The molecule has 0 fully saturated rings. The Bertz CT molecular complexity index is 540. The molecule has 0 aliphatic heterocycles. The van der Waals surface area contributed by atoms with Crippen LogP contribution in [0.1, 0.15) is 36.4 Å². The monoisotopic (exact) mass is 247 g/mol. The van der Waals surface area contributed by atoms with Crippen LogP contribution in [0.5, 0.6) is 5.75 Å². The summed E-state index contributed by atoms with van der Waals surface area (Å²) in [5, 5.41) is 13.6. The Morgan fingerprint density at radius 1 is 1.33 bits per heavy atom. The number of hydrogen-bond acceptors (Lipinski definition) is 5. The third kappa shape index (κ3) is 2.22. The molecule has 1 aromatic carbocycles. The van der Waals surface area contributed by atoms with Crippen molar-refractivity contribution in [1.29, 1.82) is 0 Å². The lowest BCUT2D eigenvalue weighted by Gasteiger charge is -2.04. The quantitative estimate of drug-likeness (QED) is 0.870. The normalized spacial score (nSPS) is 12.7. The third-order valence-electron chi connectivity index (χ3n) is 2.95. The van der Waals surface area contributed by atoms with Gasteiger partial charge in [-0.05, 0) is 43.5 Å². The summed E-state index contributed by atoms with van der Waals surface area (Å²) in [6, 6.07) is 3.42. The van der Waals surface area contributed by atoms with E-state index in [1.54, 1.807) is 0 Å². The lowest BCUT2D eigenvalue weighted by Crippen LogP contribution is -2.08. The summed E-state index contributed by atoms with van der Waals surface area (Å²) >= 11 is 0. The number of aromatic hydroxyl groups is 1. The number of nitrogens with zero attached hydrogens (tertiary/aromatic N) is 2. The second-order valence-electron chi connectivity index (χ2n) is 4.43. The number of aromatic nitrogens is 2. The molecule has 1 heterocycles. The van der Waals surface area contributed by atoms with E-state index in [-0.39, 0.29) is 6.04 Å². The van der Waals surface area contributed by atoms with Crippen molar-refractivity contribution in [2.45, 2.75) is 33.2 Å². The van der Waals surface area contributed by atoms with E-state index in [0.29, 0.717) is 17.5 Å². The van der Waals surface area contributed by atoms with Gasteiger partial charge in [0.05, 0.1) is 6.04 Å². The maximum atomic E-state index is 9.72. The third-order valence-corrected chi connectivity index (χ3v) is 2.95. The van der Waals surface area contributed by atoms with Gasteiger partial charge in [-0.25, -0.2) is 0 Å². The highest BCUT2D eigenvalue weighted by Gasteiger charge is 2.15. The van der Waals surface area contributed by atoms with Crippen LogP contribution in [0.15, 0.2) is 16.7 Å². The number of nitrogens with two attached hydrogens (primary N) is 1. The van der Waals surface area contributed by atoms with Gasteiger partial charge in [-0.15, -0.1) is 0 Å². The van der Waals surface area contributed by atoms with E-state index in [0.717, 1.165) is 23.1 Å². The molecule has 0 radical (unpaired) electrons. The van der Waals surface area contributed by atoms with Crippen LogP contribution in [0, 0.1) is 13.8 Å². The van der Waals surface area contributed by atoms with Gasteiger partial charge in [-0.1, -0.05) is 12.1 Å². The number of aryl methyl sites for hydroxylation is 2. The molecule has 0 amide bonds. The molecule has 5 heteroatoms. The van der Waals surface area contributed by atoms with Gasteiger partial charge in [-0.3, -0.25) is 0 Å². The Kier molecular flexibility index (Phi) is 3.34. The van der Waals surface area contributed by atoms with Gasteiger partial charge in [0.25, 0.3) is 0 Å². The van der Waals surface area contributed by atoms with Crippen LogP contribution < -0.4 is 5.73 Å². The number of hydrogen-bond donors (Lipinski definition) is 2. The van der Waals surface area contributed by atoms with Crippen molar-refractivity contribution < 1.29 is 9.63 Å². The van der Waals surface area contributed by atoms with Gasteiger partial charge in [0.15, 0.2) is 0 Å². The largest absolute Gasteiger partial charge is 0.507 e. The van der Waals surface area contributed by atoms with Gasteiger partial charge in [0, 0.05) is 5.56 Å². The van der Waals surface area contributed by atoms with Crippen LogP contribution in [0.3, 0.4) is 0 Å². The summed E-state index contributed by atoms with van der Waals surface area (Å²) < 4.78 is 5.13. The molecule has 1 aromatic heterocycles. The smallest absolute Gasteiger partial charge is 0.243 e. The first kappa shape index (κ1) is 12.6. The molecule has 96 valence electrons. The molecule has 3 N–H and O–H groups in total. The minimum Gasteiger partial charge on any atom is -0.507 e. The Morgan fingerprint density at radius 3 is 2.50 bits per heavy atom. The van der Waals surface area contributed by atoms with Crippen LogP contribution in [-0.4, -0.2) is 15.2 Å². The fourth-order valence-electron chi connectivity index (χ4n) is 1.76. The molecule has 0 spiro atoms. The fraction of sp³-hybridized carbons (Fsp3) is 0.385. The second-order valence-corrected chi connectivity index (χ2v) is 4.43. The van der Waals surface area contributed by atoms with E-state index in [4.69, 9.17) is 10.3 Å². The maximum absolute atomic E-state index is 9.72. The predicted octanol–water partition coefficient (Wildman–Crippen LogP) is 2.47. The van der Waals surface area contributed by atoms with Crippen molar-refractivity contribution in [1.82, 2.24) is 10.1 Å². The molecule has 2 rings (SSSR count). The predicted molar refractivity (Wildman–Crippen MR) is 68.1 cm³/mol. The first-order valence-electron chi connectivity index (χ1n) is 5.92. The number of rotatable bonds is 3. The molecule has 18 heavy (non-hydrogen) atoms. The van der Waals surface area contributed by atoms with Gasteiger partial charge in [0.1, 0.15) is 5.75 Å². The summed E-state index contributed by atoms with van der Waals surface area (Å²) in [7, 11) is 0. The van der Waals surface area contributed by atoms with E-state index in [1.807, 2.05) is 32.9 Å². The van der Waals surface area contributed by atoms with E-state index >= 15 is 0 Å². The summed E-state index contributed by atoms with van der Waals surface area (Å²) in [5.74, 6) is 1.24. The van der Waals surface area contributed by atoms with Crippen molar-refractivity contribution in [3.05, 3.63) is 29.2 Å². The van der Waals surface area contributed by atoms with E-state index in [1.165, 1.54) is 0 Å². The fourth-order valence-corrected chi connectivity index (χ4v) is 1.76. The van der Waals surface area contributed by atoms with Gasteiger partial charge in [0.2, 0.25) is 11.7 Å². The Labute approximate surface area is 106 Å². The van der Waals surface area contributed by atoms with Crippen LogP contribution >= 0.6 is 0 Å². The molecule has 0 bridgehead atoms. The average Bonchev–Trinajstić information content (AvgIpc) is 2.84. The highest BCUT2D eigenvalue weighted by atomic mass is 16.5. The van der Waals surface area contributed by atoms with Crippen LogP contribution in [0.25, 0.3) is 11.4 Å². The van der Waals surface area contributed by atoms with E-state index < -0.39 is 0 Å². The first-order valence-corrected chi connectivity index (χ1v) is 5.92. The molecular weight excluding hydrogens is 230 g/mol. The standard InChI is InChI=1S/C13H17N3O2/c1-4-10(14)13-15-12(16-18-13)9-5-7(2)11(17)8(3)6-9/h5-6,10,17H,4,14H2,1-3H3/t10-/m0/s1. The minimum atomic E-state index is -0.231. The molecule has 5 nitrogen and oxygen atoms in total. The van der Waals surface area contributed by atoms with Crippen molar-refractivity contribution >= 4 is 0 Å². The van der Waals surface area contributed by atoms with Crippen LogP contribution in [0.2, 0.25) is 0 Å². The SMILES string of the molecule is CC[C@H](N)c1nc(-c2cc(C)c(O)c(C)c2)no1.